The molecule has 0 atom stereocenters. The average molecular weight is 470 g/mol. The molecule has 0 radical (unpaired) electrons. The van der Waals surface area contributed by atoms with E-state index < -0.39 is 15.9 Å². The largest absolute Gasteiger partial charge is 0.347 e. The van der Waals surface area contributed by atoms with E-state index in [1.165, 1.54) is 24.3 Å². The minimum Gasteiger partial charge on any atom is -0.347 e. The van der Waals surface area contributed by atoms with Crippen LogP contribution in [0.4, 0.5) is 5.69 Å². The van der Waals surface area contributed by atoms with Crippen molar-refractivity contribution in [3.63, 3.8) is 0 Å². The molecule has 0 saturated carbocycles. The number of amides is 1. The quantitative estimate of drug-likeness (QED) is 0.584. The Labute approximate surface area is 172 Å². The monoisotopic (exact) mass is 468 g/mol. The van der Waals surface area contributed by atoms with Crippen molar-refractivity contribution in [2.45, 2.75) is 4.90 Å². The number of carbonyl (C=O) groups is 1. The summed E-state index contributed by atoms with van der Waals surface area (Å²) >= 11 is 9.34. The van der Waals surface area contributed by atoms with Crippen LogP contribution in [0.25, 0.3) is 0 Å². The van der Waals surface area contributed by atoms with Crippen LogP contribution in [0.3, 0.4) is 0 Å². The first kappa shape index (κ1) is 21.2. The van der Waals surface area contributed by atoms with Crippen LogP contribution in [0.15, 0.2) is 77.1 Å². The Bertz CT molecular complexity index is 976. The number of nitrogens with one attached hydrogen (secondary N) is 1. The third-order valence-electron chi connectivity index (χ3n) is 3.54. The molecular weight excluding hydrogens is 452 g/mol. The van der Waals surface area contributed by atoms with Crippen molar-refractivity contribution in [1.82, 2.24) is 5.32 Å². The van der Waals surface area contributed by atoms with Crippen LogP contribution < -0.4 is 9.62 Å². The second-order valence-electron chi connectivity index (χ2n) is 5.50. The van der Waals surface area contributed by atoms with Crippen LogP contribution in [0, 0.1) is 0 Å². The van der Waals surface area contributed by atoms with Gasteiger partial charge in [-0.2, -0.15) is 0 Å². The highest BCUT2D eigenvalue weighted by molar-refractivity contribution is 9.11. The minimum atomic E-state index is -3.96. The van der Waals surface area contributed by atoms with Gasteiger partial charge in [-0.05, 0) is 30.3 Å². The zero-order valence-electron chi connectivity index (χ0n) is 14.4. The van der Waals surface area contributed by atoms with Crippen molar-refractivity contribution < 1.29 is 13.2 Å². The molecule has 0 aliphatic rings. The van der Waals surface area contributed by atoms with Crippen LogP contribution in [0.5, 0.6) is 0 Å². The number of sulfonamides is 1. The Morgan fingerprint density at radius 1 is 1.22 bits per heavy atom. The van der Waals surface area contributed by atoms with Crippen molar-refractivity contribution in [2.24, 2.45) is 0 Å². The number of hydrogen-bond donors (Lipinski definition) is 1. The normalized spacial score (nSPS) is 10.9. The summed E-state index contributed by atoms with van der Waals surface area (Å²) in [6.45, 7) is 7.53. The van der Waals surface area contributed by atoms with Gasteiger partial charge in [-0.3, -0.25) is 9.10 Å². The van der Waals surface area contributed by atoms with Gasteiger partial charge in [0.2, 0.25) is 0 Å². The highest BCUT2D eigenvalue weighted by Crippen LogP contribution is 2.30. The van der Waals surface area contributed by atoms with Gasteiger partial charge in [0.1, 0.15) is 0 Å². The maximum atomic E-state index is 13.2. The van der Waals surface area contributed by atoms with Gasteiger partial charge in [-0.25, -0.2) is 8.42 Å². The first-order valence-electron chi connectivity index (χ1n) is 7.87. The summed E-state index contributed by atoms with van der Waals surface area (Å²) in [5, 5.41) is 2.94. The Morgan fingerprint density at radius 3 is 2.56 bits per heavy atom. The Balaban J connectivity index is 2.43. The third-order valence-corrected chi connectivity index (χ3v) is 5.92. The predicted molar refractivity (Wildman–Crippen MR) is 113 cm³/mol. The van der Waals surface area contributed by atoms with Gasteiger partial charge in [-0.1, -0.05) is 58.4 Å². The van der Waals surface area contributed by atoms with E-state index in [2.05, 4.69) is 34.4 Å². The van der Waals surface area contributed by atoms with E-state index in [0.717, 1.165) is 4.31 Å². The maximum Gasteiger partial charge on any atom is 0.264 e. The van der Waals surface area contributed by atoms with Crippen LogP contribution in [-0.2, 0) is 10.0 Å². The fraction of sp³-hybridized carbons (Fsp3) is 0.105. The highest BCUT2D eigenvalue weighted by atomic mass is 79.9. The molecule has 2 aromatic carbocycles. The van der Waals surface area contributed by atoms with Crippen LogP contribution >= 0.6 is 27.5 Å². The molecule has 27 heavy (non-hydrogen) atoms. The lowest BCUT2D eigenvalue weighted by atomic mass is 10.2. The van der Waals surface area contributed by atoms with Gasteiger partial charge in [0.15, 0.2) is 0 Å². The molecule has 1 amide bonds. The summed E-state index contributed by atoms with van der Waals surface area (Å²) in [7, 11) is -3.96. The summed E-state index contributed by atoms with van der Waals surface area (Å²) in [6.07, 6.45) is 1.47. The van der Waals surface area contributed by atoms with Crippen molar-refractivity contribution in [3.05, 3.63) is 82.8 Å². The number of anilines is 1. The molecule has 2 rings (SSSR count). The molecule has 0 aliphatic heterocycles. The molecule has 0 saturated heterocycles. The molecule has 0 aliphatic carbocycles. The molecule has 0 unspecified atom stereocenters. The number of halogens is 2. The number of hydrogen-bond acceptors (Lipinski definition) is 3. The lowest BCUT2D eigenvalue weighted by molar-refractivity contribution is 0.0957. The fourth-order valence-electron chi connectivity index (χ4n) is 2.30. The fourth-order valence-corrected chi connectivity index (χ4v) is 4.23. The molecule has 8 heteroatoms. The van der Waals surface area contributed by atoms with Gasteiger partial charge in [0.25, 0.3) is 15.9 Å². The van der Waals surface area contributed by atoms with Crippen LogP contribution in [0.1, 0.15) is 10.4 Å². The Kier molecular flexibility index (Phi) is 7.24. The number of para-hydroxylation sites is 1. The molecule has 0 aromatic heterocycles. The molecule has 0 spiro atoms. The molecule has 0 bridgehead atoms. The van der Waals surface area contributed by atoms with Crippen LogP contribution in [0.2, 0.25) is 5.02 Å². The third kappa shape index (κ3) is 5.22. The van der Waals surface area contributed by atoms with Crippen LogP contribution in [-0.4, -0.2) is 27.4 Å². The number of benzene rings is 2. The van der Waals surface area contributed by atoms with E-state index >= 15 is 0 Å². The highest BCUT2D eigenvalue weighted by Gasteiger charge is 2.26. The second-order valence-corrected chi connectivity index (χ2v) is 8.89. The summed E-state index contributed by atoms with van der Waals surface area (Å²) in [4.78, 5) is 12.2. The Morgan fingerprint density at radius 2 is 1.93 bits per heavy atom. The summed E-state index contributed by atoms with van der Waals surface area (Å²) in [5.41, 5.74) is 0.562. The molecule has 0 heterocycles. The van der Waals surface area contributed by atoms with Crippen molar-refractivity contribution in [1.29, 1.82) is 0 Å². The number of rotatable bonds is 8. The zero-order chi connectivity index (χ0) is 20.0. The molecule has 142 valence electrons. The molecule has 2 aromatic rings. The molecule has 0 fully saturated rings. The predicted octanol–water partition coefficient (Wildman–Crippen LogP) is 4.36. The van der Waals surface area contributed by atoms with E-state index in [9.17, 15) is 13.2 Å². The van der Waals surface area contributed by atoms with E-state index in [1.807, 2.05) is 0 Å². The van der Waals surface area contributed by atoms with Gasteiger partial charge >= 0.3 is 0 Å². The lowest BCUT2D eigenvalue weighted by Gasteiger charge is -2.24. The second kappa shape index (κ2) is 9.21. The van der Waals surface area contributed by atoms with E-state index in [1.54, 1.807) is 30.3 Å². The SMILES string of the molecule is C=CCN(c1ccccc1Cl)S(=O)(=O)c1cccc(C(=O)NCC(=C)Br)c1. The number of carbonyl (C=O) groups excluding carboxylic acids is 1. The topological polar surface area (TPSA) is 66.5 Å². The van der Waals surface area contributed by atoms with Gasteiger partial charge in [0, 0.05) is 16.6 Å². The van der Waals surface area contributed by atoms with Gasteiger partial charge < -0.3 is 5.32 Å². The van der Waals surface area contributed by atoms with E-state index in [-0.39, 0.29) is 23.5 Å². The average Bonchev–Trinajstić information content (AvgIpc) is 2.65. The summed E-state index contributed by atoms with van der Waals surface area (Å²) < 4.78 is 28.1. The Hall–Kier alpha value is -2.09. The number of nitrogens with zero attached hydrogens (tertiary/aromatic N) is 1. The smallest absolute Gasteiger partial charge is 0.264 e. The molecule has 5 nitrogen and oxygen atoms in total. The summed E-state index contributed by atoms with van der Waals surface area (Å²) in [5.74, 6) is -0.402. The minimum absolute atomic E-state index is 0.0189. The first-order valence-corrected chi connectivity index (χ1v) is 10.5. The van der Waals surface area contributed by atoms with Gasteiger partial charge in [-0.15, -0.1) is 6.58 Å². The summed E-state index contributed by atoms with van der Waals surface area (Å²) in [6, 6.07) is 12.5. The van der Waals surface area contributed by atoms with Crippen molar-refractivity contribution in [3.8, 4) is 0 Å². The lowest BCUT2D eigenvalue weighted by Crippen LogP contribution is -2.32. The molecular formula is C19H18BrClN2O3S. The van der Waals surface area contributed by atoms with E-state index in [0.29, 0.717) is 15.2 Å². The first-order chi connectivity index (χ1) is 12.8. The van der Waals surface area contributed by atoms with Crippen molar-refractivity contribution in [2.75, 3.05) is 17.4 Å². The zero-order valence-corrected chi connectivity index (χ0v) is 17.5. The van der Waals surface area contributed by atoms with Gasteiger partial charge in [0.05, 0.1) is 22.2 Å². The van der Waals surface area contributed by atoms with Crippen molar-refractivity contribution >= 4 is 49.1 Å². The standard InChI is InChI=1S/C19H18BrClN2O3S/c1-3-11-23(18-10-5-4-9-17(18)21)27(25,26)16-8-6-7-15(12-16)19(24)22-13-14(2)20/h3-10,12H,1-2,11,13H2,(H,22,24). The maximum absolute atomic E-state index is 13.2. The molecule has 1 N–H and O–H groups in total. The van der Waals surface area contributed by atoms with E-state index in [4.69, 9.17) is 11.6 Å².